The lowest BCUT2D eigenvalue weighted by atomic mass is 9.98. The van der Waals surface area contributed by atoms with Gasteiger partial charge in [-0.05, 0) is 59.7 Å². The van der Waals surface area contributed by atoms with Gasteiger partial charge in [-0.25, -0.2) is 14.8 Å². The molecule has 242 valence electrons. The molecule has 7 aromatic carbocycles. The molecule has 0 saturated heterocycles. The van der Waals surface area contributed by atoms with Crippen molar-refractivity contribution in [2.24, 2.45) is 0 Å². The Kier molecular flexibility index (Phi) is 6.80. The minimum atomic E-state index is 0.594. The summed E-state index contributed by atoms with van der Waals surface area (Å²) in [5.41, 5.74) is 11.7. The van der Waals surface area contributed by atoms with E-state index in [1.165, 1.54) is 0 Å². The van der Waals surface area contributed by atoms with E-state index in [1.807, 2.05) is 84.9 Å². The van der Waals surface area contributed by atoms with Crippen LogP contribution in [0.2, 0.25) is 0 Å². The lowest BCUT2D eigenvalue weighted by Crippen LogP contribution is -1.99. The van der Waals surface area contributed by atoms with Crippen molar-refractivity contribution < 1.29 is 4.42 Å². The molecule has 0 atom stereocenters. The number of hydrogen-bond donors (Lipinski definition) is 0. The van der Waals surface area contributed by atoms with Crippen LogP contribution in [0.1, 0.15) is 0 Å². The maximum Gasteiger partial charge on any atom is 0.194 e. The first-order valence-corrected chi connectivity index (χ1v) is 17.2. The number of hydrogen-bond acceptors (Lipinski definition) is 3. The molecule has 0 bridgehead atoms. The topological polar surface area (TPSA) is 48.2 Å². The van der Waals surface area contributed by atoms with Crippen molar-refractivity contribution in [3.8, 4) is 50.7 Å². The molecule has 0 aliphatic heterocycles. The van der Waals surface area contributed by atoms with Gasteiger partial charge in [-0.3, -0.25) is 0 Å². The molecule has 0 spiro atoms. The normalized spacial score (nSPS) is 11.4. The number of fused-ring (bicyclic) bond motifs is 6. The van der Waals surface area contributed by atoms with Crippen LogP contribution < -0.4 is 0 Å². The second kappa shape index (κ2) is 11.9. The summed E-state index contributed by atoms with van der Waals surface area (Å²) in [5, 5.41) is 4.39. The fourth-order valence-electron chi connectivity index (χ4n) is 7.39. The average Bonchev–Trinajstić information content (AvgIpc) is 3.75. The average molecular weight is 665 g/mol. The van der Waals surface area contributed by atoms with E-state index in [4.69, 9.17) is 21.0 Å². The van der Waals surface area contributed by atoms with E-state index in [0.717, 1.165) is 88.6 Å². The summed E-state index contributed by atoms with van der Waals surface area (Å²) in [6, 6.07) is 57.9. The van der Waals surface area contributed by atoms with Crippen LogP contribution in [0.3, 0.4) is 0 Å². The maximum absolute atomic E-state index is 8.02. The highest BCUT2D eigenvalue weighted by molar-refractivity contribution is 6.17. The summed E-state index contributed by atoms with van der Waals surface area (Å²) >= 11 is 0. The van der Waals surface area contributed by atoms with Gasteiger partial charge in [0.05, 0.1) is 29.0 Å². The summed E-state index contributed by atoms with van der Waals surface area (Å²) in [4.78, 5) is 14.2. The third-order valence-electron chi connectivity index (χ3n) is 9.81. The van der Waals surface area contributed by atoms with Crippen LogP contribution in [0.4, 0.5) is 5.69 Å². The Morgan fingerprint density at radius 3 is 1.92 bits per heavy atom. The van der Waals surface area contributed by atoms with Crippen LogP contribution in [0.5, 0.6) is 0 Å². The molecule has 0 aliphatic carbocycles. The SMILES string of the molecule is [C-]#[N+]c1ccccc1-c1cc(-c2cc(-c3ccccc3)nc(-c3ccccc3)n2)cc(-n2c3ccccc3c3cc4oc5ccccc5c4cc32)c1. The second-order valence-corrected chi connectivity index (χ2v) is 12.9. The van der Waals surface area contributed by atoms with Crippen LogP contribution in [0.15, 0.2) is 174 Å². The standard InChI is InChI=1S/C47H28N4O/c1-48-40-21-11-8-18-35(40)32-24-33(42-29-41(30-14-4-2-5-15-30)49-47(50-42)31-16-6-3-7-17-31)26-34(25-32)51-43-22-12-9-19-36(43)38-28-46-39(27-44(38)51)37-20-10-13-23-45(37)52-46/h2-29H. The molecule has 0 saturated carbocycles. The van der Waals surface area contributed by atoms with Crippen molar-refractivity contribution >= 4 is 49.4 Å². The Morgan fingerprint density at radius 1 is 0.462 bits per heavy atom. The summed E-state index contributed by atoms with van der Waals surface area (Å²) in [7, 11) is 0. The van der Waals surface area contributed by atoms with E-state index in [0.29, 0.717) is 11.5 Å². The number of aromatic nitrogens is 3. The minimum Gasteiger partial charge on any atom is -0.456 e. The van der Waals surface area contributed by atoms with Gasteiger partial charge in [-0.15, -0.1) is 0 Å². The van der Waals surface area contributed by atoms with Crippen LogP contribution in [-0.2, 0) is 0 Å². The van der Waals surface area contributed by atoms with E-state index >= 15 is 0 Å². The maximum atomic E-state index is 8.02. The molecule has 52 heavy (non-hydrogen) atoms. The predicted octanol–water partition coefficient (Wildman–Crippen LogP) is 12.7. The minimum absolute atomic E-state index is 0.594. The van der Waals surface area contributed by atoms with Crippen molar-refractivity contribution in [3.05, 3.63) is 181 Å². The van der Waals surface area contributed by atoms with Crippen LogP contribution >= 0.6 is 0 Å². The Labute approximate surface area is 299 Å². The first-order valence-electron chi connectivity index (χ1n) is 17.2. The molecule has 0 aliphatic rings. The van der Waals surface area contributed by atoms with Gasteiger partial charge in [-0.2, -0.15) is 0 Å². The Bertz CT molecular complexity index is 2970. The zero-order chi connectivity index (χ0) is 34.6. The van der Waals surface area contributed by atoms with Gasteiger partial charge in [0.15, 0.2) is 11.5 Å². The zero-order valence-corrected chi connectivity index (χ0v) is 27.9. The molecule has 10 aromatic rings. The van der Waals surface area contributed by atoms with Crippen molar-refractivity contribution in [2.45, 2.75) is 0 Å². The van der Waals surface area contributed by atoms with Crippen molar-refractivity contribution in [1.29, 1.82) is 0 Å². The van der Waals surface area contributed by atoms with Crippen LogP contribution in [0, 0.1) is 6.57 Å². The number of para-hydroxylation sites is 3. The molecule has 0 amide bonds. The Hall–Kier alpha value is -7.29. The molecular formula is C47H28N4O. The third-order valence-corrected chi connectivity index (χ3v) is 9.81. The van der Waals surface area contributed by atoms with Gasteiger partial charge in [0.2, 0.25) is 0 Å². The highest BCUT2D eigenvalue weighted by Crippen LogP contribution is 2.41. The lowest BCUT2D eigenvalue weighted by molar-refractivity contribution is 0.669. The van der Waals surface area contributed by atoms with Gasteiger partial charge in [0.25, 0.3) is 0 Å². The van der Waals surface area contributed by atoms with Crippen molar-refractivity contribution in [2.75, 3.05) is 0 Å². The molecule has 5 heteroatoms. The Balaban J connectivity index is 1.29. The van der Waals surface area contributed by atoms with E-state index in [1.54, 1.807) is 0 Å². The van der Waals surface area contributed by atoms with E-state index in [-0.39, 0.29) is 0 Å². The molecule has 0 fully saturated rings. The van der Waals surface area contributed by atoms with Crippen molar-refractivity contribution in [1.82, 2.24) is 14.5 Å². The molecule has 0 N–H and O–H groups in total. The fraction of sp³-hybridized carbons (Fsp3) is 0. The number of furan rings is 1. The zero-order valence-electron chi connectivity index (χ0n) is 27.9. The summed E-state index contributed by atoms with van der Waals surface area (Å²) in [6.45, 7) is 8.02. The molecule has 3 aromatic heterocycles. The summed E-state index contributed by atoms with van der Waals surface area (Å²) < 4.78 is 8.68. The largest absolute Gasteiger partial charge is 0.456 e. The third kappa shape index (κ3) is 4.86. The van der Waals surface area contributed by atoms with Crippen molar-refractivity contribution in [3.63, 3.8) is 0 Å². The van der Waals surface area contributed by atoms with E-state index in [9.17, 15) is 0 Å². The van der Waals surface area contributed by atoms with Gasteiger partial charge in [0.1, 0.15) is 11.2 Å². The van der Waals surface area contributed by atoms with E-state index < -0.39 is 0 Å². The molecule has 3 heterocycles. The summed E-state index contributed by atoms with van der Waals surface area (Å²) in [5.74, 6) is 0.650. The first-order chi connectivity index (χ1) is 25.7. The molecule has 0 radical (unpaired) electrons. The monoisotopic (exact) mass is 664 g/mol. The van der Waals surface area contributed by atoms with Gasteiger partial charge < -0.3 is 8.98 Å². The molecule has 0 unspecified atom stereocenters. The lowest BCUT2D eigenvalue weighted by Gasteiger charge is -2.15. The fourth-order valence-corrected chi connectivity index (χ4v) is 7.39. The van der Waals surface area contributed by atoms with Gasteiger partial charge >= 0.3 is 0 Å². The van der Waals surface area contributed by atoms with E-state index in [2.05, 4.69) is 94.3 Å². The highest BCUT2D eigenvalue weighted by Gasteiger charge is 2.19. The first kappa shape index (κ1) is 29.6. The molecule has 5 nitrogen and oxygen atoms in total. The number of nitrogens with zero attached hydrogens (tertiary/aromatic N) is 4. The Morgan fingerprint density at radius 2 is 1.12 bits per heavy atom. The number of benzene rings is 7. The second-order valence-electron chi connectivity index (χ2n) is 12.9. The quantitative estimate of drug-likeness (QED) is 0.172. The van der Waals surface area contributed by atoms with Crippen LogP contribution in [-0.4, -0.2) is 14.5 Å². The highest BCUT2D eigenvalue weighted by atomic mass is 16.3. The van der Waals surface area contributed by atoms with Gasteiger partial charge in [-0.1, -0.05) is 121 Å². The molecule has 10 rings (SSSR count). The molecular weight excluding hydrogens is 637 g/mol. The van der Waals surface area contributed by atoms with Crippen LogP contribution in [0.25, 0.3) is 99.3 Å². The van der Waals surface area contributed by atoms with Gasteiger partial charge in [0, 0.05) is 43.9 Å². The smallest absolute Gasteiger partial charge is 0.194 e. The number of rotatable bonds is 5. The predicted molar refractivity (Wildman–Crippen MR) is 212 cm³/mol. The summed E-state index contributed by atoms with van der Waals surface area (Å²) in [6.07, 6.45) is 0.